The van der Waals surface area contributed by atoms with Gasteiger partial charge in [-0.25, -0.2) is 9.59 Å². The topological polar surface area (TPSA) is 106 Å². The number of anilines is 2. The number of ether oxygens (including phenoxy) is 1. The summed E-state index contributed by atoms with van der Waals surface area (Å²) in [5.41, 5.74) is -0.234. The van der Waals surface area contributed by atoms with Gasteiger partial charge in [0, 0.05) is 50.6 Å². The van der Waals surface area contributed by atoms with Crippen LogP contribution in [0.3, 0.4) is 0 Å². The number of nitrogens with one attached hydrogen (secondary N) is 3. The van der Waals surface area contributed by atoms with Crippen molar-refractivity contribution in [2.75, 3.05) is 56.9 Å². The molecule has 0 aliphatic carbocycles. The van der Waals surface area contributed by atoms with Gasteiger partial charge < -0.3 is 35.4 Å². The van der Waals surface area contributed by atoms with Crippen molar-refractivity contribution >= 4 is 52.3 Å². The predicted molar refractivity (Wildman–Crippen MR) is 178 cm³/mol. The second kappa shape index (κ2) is 14.7. The minimum absolute atomic E-state index is 0.0726. The monoisotopic (exact) mass is 710 g/mol. The van der Waals surface area contributed by atoms with E-state index in [1.54, 1.807) is 21.1 Å². The molecule has 10 nitrogen and oxygen atoms in total. The maximum atomic E-state index is 14.0. The molecule has 48 heavy (non-hydrogen) atoms. The minimum Gasteiger partial charge on any atom is -0.436 e. The number of likely N-dealkylation sites (tertiary alicyclic amines) is 2. The van der Waals surface area contributed by atoms with Crippen LogP contribution < -0.4 is 16.0 Å². The maximum Gasteiger partial charge on any atom is 0.418 e. The third-order valence-electron chi connectivity index (χ3n) is 10.3. The number of amides is 4. The third-order valence-corrected chi connectivity index (χ3v) is 11.5. The van der Waals surface area contributed by atoms with Crippen LogP contribution in [0.4, 0.5) is 34.1 Å². The van der Waals surface area contributed by atoms with Gasteiger partial charge in [-0.05, 0) is 92.6 Å². The van der Waals surface area contributed by atoms with E-state index in [0.29, 0.717) is 57.4 Å². The summed E-state index contributed by atoms with van der Waals surface area (Å²) >= 11 is 7.85. The summed E-state index contributed by atoms with van der Waals surface area (Å²) in [5.74, 6) is 0.701. The van der Waals surface area contributed by atoms with Gasteiger partial charge in [-0.2, -0.15) is 13.2 Å². The standard InChI is InChI=1S/C33H42ClF3N6O4S/c1-38-29-24(33(35,36)37)16-20(17-25(29)34)18-27(30(44)41-11-4-22(5-12-41)21-2-9-39-10-3-21)47-32(46)42-13-6-23(7-14-42)43-19-28-26(8-15-48-28)40-31(43)45/h8,15-17,21-23,27,38-39H,2-7,9-14,18-19H2,1H3,(H,40,45)/t27-/m1/s1. The SMILES string of the molecule is CNc1c(Cl)cc(C[C@@H](OC(=O)N2CCC(N3Cc4sccc4NC3=O)CC2)C(=O)N2CCC(C3CCNCC3)CC2)cc1C(F)(F)F. The van der Waals surface area contributed by atoms with Crippen molar-refractivity contribution in [3.8, 4) is 0 Å². The number of piperidine rings is 3. The summed E-state index contributed by atoms with van der Waals surface area (Å²) in [4.78, 5) is 46.3. The molecule has 0 unspecified atom stereocenters. The zero-order valence-electron chi connectivity index (χ0n) is 26.9. The summed E-state index contributed by atoms with van der Waals surface area (Å²) in [7, 11) is 1.36. The Balaban J connectivity index is 1.14. The number of hydrogen-bond acceptors (Lipinski definition) is 7. The Bertz CT molecular complexity index is 1490. The van der Waals surface area contributed by atoms with Crippen molar-refractivity contribution in [1.82, 2.24) is 20.0 Å². The smallest absolute Gasteiger partial charge is 0.418 e. The highest BCUT2D eigenvalue weighted by molar-refractivity contribution is 7.10. The number of halogens is 4. The third kappa shape index (κ3) is 7.65. The zero-order chi connectivity index (χ0) is 34.0. The molecule has 0 bridgehead atoms. The lowest BCUT2D eigenvalue weighted by Gasteiger charge is -2.40. The molecule has 4 aliphatic heterocycles. The highest BCUT2D eigenvalue weighted by Gasteiger charge is 2.39. The van der Waals surface area contributed by atoms with Gasteiger partial charge in [0.05, 0.1) is 28.5 Å². The Labute approximate surface area is 287 Å². The molecule has 0 spiro atoms. The Morgan fingerprint density at radius 3 is 2.38 bits per heavy atom. The summed E-state index contributed by atoms with van der Waals surface area (Å²) in [6.45, 7) is 4.13. The van der Waals surface area contributed by atoms with Crippen molar-refractivity contribution < 1.29 is 32.3 Å². The van der Waals surface area contributed by atoms with Gasteiger partial charge in [-0.15, -0.1) is 11.3 Å². The van der Waals surface area contributed by atoms with Crippen LogP contribution in [0.1, 0.15) is 54.5 Å². The van der Waals surface area contributed by atoms with Crippen molar-refractivity contribution in [1.29, 1.82) is 0 Å². The Hall–Kier alpha value is -3.23. The zero-order valence-corrected chi connectivity index (χ0v) is 28.5. The number of nitrogens with zero attached hydrogens (tertiary/aromatic N) is 3. The Morgan fingerprint density at radius 2 is 1.71 bits per heavy atom. The first-order valence-corrected chi connectivity index (χ1v) is 17.9. The van der Waals surface area contributed by atoms with E-state index in [4.69, 9.17) is 16.3 Å². The van der Waals surface area contributed by atoms with E-state index in [-0.39, 0.29) is 34.8 Å². The largest absolute Gasteiger partial charge is 0.436 e. The van der Waals surface area contributed by atoms with Crippen LogP contribution in [0.5, 0.6) is 0 Å². The number of fused-ring (bicyclic) bond motifs is 1. The molecular formula is C33H42ClF3N6O4S. The second-order valence-corrected chi connectivity index (χ2v) is 14.5. The molecule has 3 fully saturated rings. The lowest BCUT2D eigenvalue weighted by molar-refractivity contribution is -0.142. The van der Waals surface area contributed by atoms with Gasteiger partial charge in [0.2, 0.25) is 0 Å². The average molecular weight is 711 g/mol. The molecule has 3 saturated heterocycles. The predicted octanol–water partition coefficient (Wildman–Crippen LogP) is 6.26. The fourth-order valence-corrected chi connectivity index (χ4v) is 8.77. The summed E-state index contributed by atoms with van der Waals surface area (Å²) in [6, 6.07) is 3.99. The van der Waals surface area contributed by atoms with E-state index >= 15 is 0 Å². The quantitative estimate of drug-likeness (QED) is 0.314. The summed E-state index contributed by atoms with van der Waals surface area (Å²) in [6.07, 6.45) is -2.02. The molecule has 262 valence electrons. The van der Waals surface area contributed by atoms with Gasteiger partial charge in [0.25, 0.3) is 5.91 Å². The van der Waals surface area contributed by atoms with E-state index in [1.165, 1.54) is 18.0 Å². The molecule has 4 amide bonds. The van der Waals surface area contributed by atoms with Crippen molar-refractivity contribution in [3.63, 3.8) is 0 Å². The van der Waals surface area contributed by atoms with E-state index < -0.39 is 29.8 Å². The first kappa shape index (κ1) is 34.6. The minimum atomic E-state index is -4.69. The molecule has 4 aliphatic rings. The highest BCUT2D eigenvalue weighted by atomic mass is 35.5. The molecule has 15 heteroatoms. The fraction of sp³-hybridized carbons (Fsp3) is 0.606. The molecule has 2 aromatic rings. The van der Waals surface area contributed by atoms with Gasteiger partial charge in [-0.3, -0.25) is 4.79 Å². The molecule has 5 heterocycles. The molecule has 0 radical (unpaired) electrons. The van der Waals surface area contributed by atoms with Crippen LogP contribution in [0.2, 0.25) is 5.02 Å². The molecule has 1 aromatic carbocycles. The molecule has 1 atom stereocenters. The van der Waals surface area contributed by atoms with Crippen LogP contribution in [0.15, 0.2) is 23.6 Å². The first-order valence-electron chi connectivity index (χ1n) is 16.7. The van der Waals surface area contributed by atoms with Crippen molar-refractivity contribution in [3.05, 3.63) is 44.6 Å². The number of urea groups is 1. The van der Waals surface area contributed by atoms with E-state index in [0.717, 1.165) is 55.4 Å². The Kier molecular flexibility index (Phi) is 10.6. The van der Waals surface area contributed by atoms with Crippen LogP contribution in [0.25, 0.3) is 0 Å². The molecule has 0 saturated carbocycles. The lowest BCUT2D eigenvalue weighted by Crippen LogP contribution is -2.52. The van der Waals surface area contributed by atoms with Crippen molar-refractivity contribution in [2.45, 2.75) is 69.8 Å². The number of benzene rings is 1. The van der Waals surface area contributed by atoms with Crippen LogP contribution >= 0.6 is 22.9 Å². The van der Waals surface area contributed by atoms with Crippen molar-refractivity contribution in [2.24, 2.45) is 11.8 Å². The number of alkyl halides is 3. The number of carbonyl (C=O) groups is 3. The normalized spacial score (nSPS) is 20.7. The average Bonchev–Trinajstić information content (AvgIpc) is 3.54. The number of thiophene rings is 1. The van der Waals surface area contributed by atoms with E-state index in [9.17, 15) is 27.6 Å². The second-order valence-electron chi connectivity index (χ2n) is 13.1. The molecule has 1 aromatic heterocycles. The maximum absolute atomic E-state index is 14.0. The number of hydrogen-bond donors (Lipinski definition) is 3. The molecule has 6 rings (SSSR count). The van der Waals surface area contributed by atoms with Gasteiger partial charge in [-0.1, -0.05) is 11.6 Å². The van der Waals surface area contributed by atoms with Gasteiger partial charge >= 0.3 is 18.3 Å². The Morgan fingerprint density at radius 1 is 1.04 bits per heavy atom. The number of carbonyl (C=O) groups excluding carboxylic acids is 3. The molecular weight excluding hydrogens is 669 g/mol. The van der Waals surface area contributed by atoms with Crippen LogP contribution in [-0.2, 0) is 28.7 Å². The summed E-state index contributed by atoms with van der Waals surface area (Å²) < 4.78 is 47.8. The first-order chi connectivity index (χ1) is 23.0. The number of rotatable bonds is 7. The fourth-order valence-electron chi connectivity index (χ4n) is 7.60. The van der Waals surface area contributed by atoms with Gasteiger partial charge in [0.1, 0.15) is 0 Å². The van der Waals surface area contributed by atoms with Crippen LogP contribution in [-0.4, -0.2) is 91.2 Å². The summed E-state index contributed by atoms with van der Waals surface area (Å²) in [5, 5.41) is 10.6. The van der Waals surface area contributed by atoms with E-state index in [2.05, 4.69) is 16.0 Å². The highest BCUT2D eigenvalue weighted by Crippen LogP contribution is 2.40. The van der Waals surface area contributed by atoms with Crippen LogP contribution in [0, 0.1) is 11.8 Å². The lowest BCUT2D eigenvalue weighted by atomic mass is 9.79. The van der Waals surface area contributed by atoms with Gasteiger partial charge in [0.15, 0.2) is 6.10 Å². The van der Waals surface area contributed by atoms with E-state index in [1.807, 2.05) is 11.4 Å². The molecule has 3 N–H and O–H groups in total.